The number of hydrogen-bond acceptors (Lipinski definition) is 6. The lowest BCUT2D eigenvalue weighted by molar-refractivity contribution is -0.113. The highest BCUT2D eigenvalue weighted by Crippen LogP contribution is 2.28. The van der Waals surface area contributed by atoms with E-state index in [4.69, 9.17) is 0 Å². The van der Waals surface area contributed by atoms with Gasteiger partial charge in [0.2, 0.25) is 5.91 Å². The Morgan fingerprint density at radius 2 is 1.65 bits per heavy atom. The molecule has 4 aromatic carbocycles. The molecular weight excluding hydrogens is 506 g/mol. The summed E-state index contributed by atoms with van der Waals surface area (Å²) in [5.74, 6) is -1.42. The van der Waals surface area contributed by atoms with Gasteiger partial charge in [-0.15, -0.1) is 11.8 Å². The minimum absolute atomic E-state index is 0.0780. The van der Waals surface area contributed by atoms with Crippen molar-refractivity contribution in [1.82, 2.24) is 4.98 Å². The van der Waals surface area contributed by atoms with E-state index in [1.165, 1.54) is 29.2 Å². The molecule has 0 atom stereocenters. The molecule has 0 aliphatic rings. The molecule has 2 amide bonds. The van der Waals surface area contributed by atoms with E-state index >= 15 is 0 Å². The number of aromatic nitrogens is 1. The van der Waals surface area contributed by atoms with Crippen molar-refractivity contribution < 1.29 is 19.5 Å². The molecule has 9 heteroatoms. The number of aromatic carboxylic acids is 1. The lowest BCUT2D eigenvalue weighted by Crippen LogP contribution is -2.14. The second kappa shape index (κ2) is 10.4. The van der Waals surface area contributed by atoms with Crippen LogP contribution < -0.4 is 10.6 Å². The van der Waals surface area contributed by atoms with Gasteiger partial charge in [-0.1, -0.05) is 41.7 Å². The molecule has 0 radical (unpaired) electrons. The van der Waals surface area contributed by atoms with E-state index in [0.29, 0.717) is 21.6 Å². The first-order valence-corrected chi connectivity index (χ1v) is 13.1. The Morgan fingerprint density at radius 3 is 2.38 bits per heavy atom. The summed E-state index contributed by atoms with van der Waals surface area (Å²) in [6.45, 7) is 2.02. The number of amides is 2. The number of carboxylic acid groups (broad SMARTS) is 1. The van der Waals surface area contributed by atoms with Gasteiger partial charge >= 0.3 is 5.97 Å². The van der Waals surface area contributed by atoms with Crippen molar-refractivity contribution in [3.63, 3.8) is 0 Å². The maximum Gasteiger partial charge on any atom is 0.336 e. The predicted octanol–water partition coefficient (Wildman–Crippen LogP) is 6.44. The maximum absolute atomic E-state index is 13.0. The van der Waals surface area contributed by atoms with Crippen LogP contribution in [0.2, 0.25) is 0 Å². The largest absolute Gasteiger partial charge is 0.478 e. The Bertz CT molecular complexity index is 1660. The second-order valence-corrected chi connectivity index (χ2v) is 10.4. The fourth-order valence-corrected chi connectivity index (χ4v) is 5.61. The molecule has 1 heterocycles. The molecule has 0 saturated heterocycles. The number of carboxylic acids is 1. The molecule has 7 nitrogen and oxygen atoms in total. The molecule has 5 rings (SSSR count). The van der Waals surface area contributed by atoms with E-state index in [-0.39, 0.29) is 22.8 Å². The average Bonchev–Trinajstić information content (AvgIpc) is 3.28. The van der Waals surface area contributed by atoms with E-state index in [9.17, 15) is 19.5 Å². The van der Waals surface area contributed by atoms with Crippen LogP contribution in [0.25, 0.3) is 21.0 Å². The Labute approximate surface area is 220 Å². The summed E-state index contributed by atoms with van der Waals surface area (Å²) in [7, 11) is 0. The molecule has 3 N–H and O–H groups in total. The smallest absolute Gasteiger partial charge is 0.336 e. The molecule has 0 fully saturated rings. The van der Waals surface area contributed by atoms with Crippen LogP contribution >= 0.6 is 23.1 Å². The van der Waals surface area contributed by atoms with Gasteiger partial charge in [0, 0.05) is 21.5 Å². The lowest BCUT2D eigenvalue weighted by Gasteiger charge is -2.11. The fourth-order valence-electron chi connectivity index (χ4n) is 3.93. The highest BCUT2D eigenvalue weighted by Gasteiger charge is 2.17. The van der Waals surface area contributed by atoms with Gasteiger partial charge in [0.1, 0.15) is 0 Å². The number of thiazole rings is 1. The predicted molar refractivity (Wildman–Crippen MR) is 149 cm³/mol. The van der Waals surface area contributed by atoms with E-state index in [2.05, 4.69) is 15.6 Å². The summed E-state index contributed by atoms with van der Waals surface area (Å²) in [5, 5.41) is 16.9. The van der Waals surface area contributed by atoms with Crippen LogP contribution in [0.3, 0.4) is 0 Å². The summed E-state index contributed by atoms with van der Waals surface area (Å²) in [4.78, 5) is 42.4. The number of nitrogens with zero attached hydrogens (tertiary/aromatic N) is 1. The van der Waals surface area contributed by atoms with Gasteiger partial charge in [0.25, 0.3) is 5.91 Å². The Kier molecular flexibility index (Phi) is 6.89. The number of anilines is 2. The standard InChI is InChI=1S/C28H21N3O4S2/c1-16-8-13-22-23(14-16)37-28(30-22)31-24(32)15-36-19-11-9-18(10-12-19)29-26(33)20-6-2-4-17-5-3-7-21(25(17)20)27(34)35/h2-14H,15H2,1H3,(H,29,33)(H,34,35)(H,30,31,32). The van der Waals surface area contributed by atoms with Crippen molar-refractivity contribution in [3.8, 4) is 0 Å². The van der Waals surface area contributed by atoms with Gasteiger partial charge in [-0.3, -0.25) is 9.59 Å². The van der Waals surface area contributed by atoms with Crippen LogP contribution in [0, 0.1) is 6.92 Å². The number of carbonyl (C=O) groups is 3. The van der Waals surface area contributed by atoms with Crippen LogP contribution in [0.4, 0.5) is 10.8 Å². The molecule has 0 aliphatic heterocycles. The van der Waals surface area contributed by atoms with Crippen molar-refractivity contribution in [2.45, 2.75) is 11.8 Å². The van der Waals surface area contributed by atoms with Crippen molar-refractivity contribution in [2.24, 2.45) is 0 Å². The fraction of sp³-hybridized carbons (Fsp3) is 0.0714. The third-order valence-electron chi connectivity index (χ3n) is 5.65. The third-order valence-corrected chi connectivity index (χ3v) is 7.60. The number of nitrogens with one attached hydrogen (secondary N) is 2. The summed E-state index contributed by atoms with van der Waals surface area (Å²) >= 11 is 2.82. The Hall–Kier alpha value is -4.21. The molecule has 0 aliphatic carbocycles. The Morgan fingerprint density at radius 1 is 0.919 bits per heavy atom. The van der Waals surface area contributed by atoms with E-state index < -0.39 is 11.9 Å². The first kappa shape index (κ1) is 24.5. The number of benzene rings is 4. The lowest BCUT2D eigenvalue weighted by atomic mass is 9.98. The zero-order chi connectivity index (χ0) is 25.9. The topological polar surface area (TPSA) is 108 Å². The van der Waals surface area contributed by atoms with E-state index in [0.717, 1.165) is 20.7 Å². The van der Waals surface area contributed by atoms with Gasteiger partial charge in [0.15, 0.2) is 5.13 Å². The maximum atomic E-state index is 13.0. The molecule has 0 bridgehead atoms. The molecule has 5 aromatic rings. The zero-order valence-corrected chi connectivity index (χ0v) is 21.3. The number of hydrogen-bond donors (Lipinski definition) is 3. The second-order valence-electron chi connectivity index (χ2n) is 8.32. The van der Waals surface area contributed by atoms with Gasteiger partial charge in [0.05, 0.1) is 21.5 Å². The molecule has 0 unspecified atom stereocenters. The quantitative estimate of drug-likeness (QED) is 0.210. The zero-order valence-electron chi connectivity index (χ0n) is 19.6. The monoisotopic (exact) mass is 527 g/mol. The first-order chi connectivity index (χ1) is 17.9. The van der Waals surface area contributed by atoms with Gasteiger partial charge < -0.3 is 15.7 Å². The third kappa shape index (κ3) is 5.47. The number of fused-ring (bicyclic) bond motifs is 2. The molecule has 0 saturated carbocycles. The number of thioether (sulfide) groups is 1. The summed E-state index contributed by atoms with van der Waals surface area (Å²) in [6.07, 6.45) is 0. The van der Waals surface area contributed by atoms with Crippen molar-refractivity contribution >= 4 is 72.7 Å². The number of aryl methyl sites for hydroxylation is 1. The van der Waals surface area contributed by atoms with Gasteiger partial charge in [-0.25, -0.2) is 9.78 Å². The average molecular weight is 528 g/mol. The van der Waals surface area contributed by atoms with Gasteiger partial charge in [-0.2, -0.15) is 0 Å². The van der Waals surface area contributed by atoms with Crippen LogP contribution in [-0.4, -0.2) is 33.6 Å². The van der Waals surface area contributed by atoms with Crippen molar-refractivity contribution in [2.75, 3.05) is 16.4 Å². The molecule has 184 valence electrons. The van der Waals surface area contributed by atoms with Gasteiger partial charge in [-0.05, 0) is 66.4 Å². The molecular formula is C28H21N3O4S2. The Balaban J connectivity index is 1.21. The van der Waals surface area contributed by atoms with Crippen LogP contribution in [0.5, 0.6) is 0 Å². The minimum Gasteiger partial charge on any atom is -0.478 e. The molecule has 1 aromatic heterocycles. The first-order valence-electron chi connectivity index (χ1n) is 11.3. The molecule has 0 spiro atoms. The molecule has 37 heavy (non-hydrogen) atoms. The van der Waals surface area contributed by atoms with Crippen molar-refractivity contribution in [3.05, 3.63) is 95.6 Å². The van der Waals surface area contributed by atoms with E-state index in [1.54, 1.807) is 42.5 Å². The summed E-state index contributed by atoms with van der Waals surface area (Å²) in [6, 6.07) is 23.1. The summed E-state index contributed by atoms with van der Waals surface area (Å²) in [5.41, 5.74) is 2.93. The van der Waals surface area contributed by atoms with Crippen LogP contribution in [-0.2, 0) is 4.79 Å². The number of carbonyl (C=O) groups excluding carboxylic acids is 2. The van der Waals surface area contributed by atoms with E-state index in [1.807, 2.05) is 37.3 Å². The number of rotatable bonds is 7. The minimum atomic E-state index is -1.09. The highest BCUT2D eigenvalue weighted by atomic mass is 32.2. The van der Waals surface area contributed by atoms with Crippen LogP contribution in [0.1, 0.15) is 26.3 Å². The highest BCUT2D eigenvalue weighted by molar-refractivity contribution is 8.00. The summed E-state index contributed by atoms with van der Waals surface area (Å²) < 4.78 is 1.03. The normalized spacial score (nSPS) is 10.9. The van der Waals surface area contributed by atoms with Crippen molar-refractivity contribution in [1.29, 1.82) is 0 Å². The van der Waals surface area contributed by atoms with Crippen LogP contribution in [0.15, 0.2) is 83.8 Å². The SMILES string of the molecule is Cc1ccc2nc(NC(=O)CSc3ccc(NC(=O)c4cccc5cccc(C(=O)O)c45)cc3)sc2c1.